The molecule has 0 saturated heterocycles. The average molecular weight is 287 g/mol. The third kappa shape index (κ3) is 4.14. The van der Waals surface area contributed by atoms with Crippen molar-refractivity contribution in [2.24, 2.45) is 0 Å². The Bertz CT molecular complexity index is 643. The van der Waals surface area contributed by atoms with Gasteiger partial charge < -0.3 is 10.1 Å². The van der Waals surface area contributed by atoms with Gasteiger partial charge in [0.2, 0.25) is 0 Å². The average Bonchev–Trinajstić information content (AvgIpc) is 2.48. The summed E-state index contributed by atoms with van der Waals surface area (Å²) in [5, 5.41) is 2.62. The van der Waals surface area contributed by atoms with Crippen LogP contribution in [0.2, 0.25) is 0 Å². The number of hydrogen-bond acceptors (Lipinski definition) is 3. The summed E-state index contributed by atoms with van der Waals surface area (Å²) >= 11 is 0. The molecule has 2 aromatic carbocycles. The van der Waals surface area contributed by atoms with Gasteiger partial charge in [-0.05, 0) is 37.3 Å². The van der Waals surface area contributed by atoms with Crippen molar-refractivity contribution < 1.29 is 18.7 Å². The smallest absolute Gasteiger partial charge is 0.339 e. The zero-order valence-electron chi connectivity index (χ0n) is 11.4. The van der Waals surface area contributed by atoms with Crippen molar-refractivity contribution in [1.82, 2.24) is 0 Å². The lowest BCUT2D eigenvalue weighted by Crippen LogP contribution is -2.30. The van der Waals surface area contributed by atoms with E-state index in [0.29, 0.717) is 5.69 Å². The van der Waals surface area contributed by atoms with Crippen LogP contribution in [0.1, 0.15) is 17.3 Å². The van der Waals surface area contributed by atoms with Crippen molar-refractivity contribution in [3.05, 3.63) is 66.0 Å². The minimum atomic E-state index is -0.985. The summed E-state index contributed by atoms with van der Waals surface area (Å²) in [6.07, 6.45) is -0.985. The second-order valence-electron chi connectivity index (χ2n) is 4.41. The number of halogens is 1. The first-order valence-corrected chi connectivity index (χ1v) is 6.39. The summed E-state index contributed by atoms with van der Waals surface area (Å²) in [6, 6.07) is 13.9. The molecular formula is C16H14FNO3. The number of hydrogen-bond donors (Lipinski definition) is 1. The molecule has 0 saturated carbocycles. The number of rotatable bonds is 4. The molecule has 1 N–H and O–H groups in total. The molecular weight excluding hydrogens is 273 g/mol. The second-order valence-corrected chi connectivity index (χ2v) is 4.41. The van der Waals surface area contributed by atoms with Crippen molar-refractivity contribution in [2.75, 3.05) is 5.32 Å². The maximum absolute atomic E-state index is 13.0. The molecule has 0 radical (unpaired) electrons. The summed E-state index contributed by atoms with van der Waals surface area (Å²) < 4.78 is 18.0. The molecule has 0 aliphatic rings. The van der Waals surface area contributed by atoms with Crippen LogP contribution in [0.3, 0.4) is 0 Å². The lowest BCUT2D eigenvalue weighted by Gasteiger charge is -2.13. The molecule has 0 aliphatic heterocycles. The van der Waals surface area contributed by atoms with Crippen molar-refractivity contribution in [1.29, 1.82) is 0 Å². The number of para-hydroxylation sites is 1. The summed E-state index contributed by atoms with van der Waals surface area (Å²) in [5.41, 5.74) is 0.672. The highest BCUT2D eigenvalue weighted by Crippen LogP contribution is 2.09. The van der Waals surface area contributed by atoms with E-state index in [0.717, 1.165) is 6.07 Å². The predicted molar refractivity (Wildman–Crippen MR) is 76.3 cm³/mol. The van der Waals surface area contributed by atoms with Crippen LogP contribution < -0.4 is 5.32 Å². The Morgan fingerprint density at radius 1 is 1.10 bits per heavy atom. The Hall–Kier alpha value is -2.69. The Kier molecular flexibility index (Phi) is 4.66. The van der Waals surface area contributed by atoms with Crippen molar-refractivity contribution in [3.63, 3.8) is 0 Å². The van der Waals surface area contributed by atoms with E-state index in [2.05, 4.69) is 5.32 Å². The molecule has 4 nitrogen and oxygen atoms in total. The molecule has 0 spiro atoms. The van der Waals surface area contributed by atoms with Crippen molar-refractivity contribution >= 4 is 17.6 Å². The maximum atomic E-state index is 13.0. The molecule has 0 aliphatic carbocycles. The Morgan fingerprint density at radius 2 is 1.81 bits per heavy atom. The third-order valence-corrected chi connectivity index (χ3v) is 2.75. The van der Waals surface area contributed by atoms with E-state index in [1.165, 1.54) is 25.1 Å². The number of anilines is 1. The minimum Gasteiger partial charge on any atom is -0.449 e. The van der Waals surface area contributed by atoms with E-state index in [4.69, 9.17) is 4.74 Å². The van der Waals surface area contributed by atoms with E-state index in [1.54, 1.807) is 24.3 Å². The molecule has 1 atom stereocenters. The minimum absolute atomic E-state index is 0.0642. The Labute approximate surface area is 121 Å². The van der Waals surface area contributed by atoms with E-state index < -0.39 is 23.8 Å². The fourth-order valence-corrected chi connectivity index (χ4v) is 1.66. The van der Waals surface area contributed by atoms with Crippen LogP contribution in [0, 0.1) is 5.82 Å². The largest absolute Gasteiger partial charge is 0.449 e. The molecule has 0 heterocycles. The van der Waals surface area contributed by atoms with Gasteiger partial charge in [0.1, 0.15) is 5.82 Å². The lowest BCUT2D eigenvalue weighted by atomic mass is 10.2. The van der Waals surface area contributed by atoms with E-state index in [-0.39, 0.29) is 5.56 Å². The fourth-order valence-electron chi connectivity index (χ4n) is 1.66. The number of carbonyl (C=O) groups is 2. The SMILES string of the molecule is C[C@H](OC(=O)c1cccc(F)c1)C(=O)Nc1ccccc1. The number of benzene rings is 2. The van der Waals surface area contributed by atoms with E-state index in [1.807, 2.05) is 6.07 Å². The van der Waals surface area contributed by atoms with Crippen LogP contribution in [0.5, 0.6) is 0 Å². The molecule has 108 valence electrons. The Balaban J connectivity index is 1.96. The van der Waals surface area contributed by atoms with Crippen LogP contribution in [0.4, 0.5) is 10.1 Å². The lowest BCUT2D eigenvalue weighted by molar-refractivity contribution is -0.123. The fraction of sp³-hybridized carbons (Fsp3) is 0.125. The third-order valence-electron chi connectivity index (χ3n) is 2.75. The predicted octanol–water partition coefficient (Wildman–Crippen LogP) is 3.01. The van der Waals surface area contributed by atoms with Crippen LogP contribution in [-0.2, 0) is 9.53 Å². The van der Waals surface area contributed by atoms with Gasteiger partial charge in [-0.1, -0.05) is 24.3 Å². The molecule has 5 heteroatoms. The van der Waals surface area contributed by atoms with Gasteiger partial charge in [-0.15, -0.1) is 0 Å². The zero-order valence-corrected chi connectivity index (χ0v) is 11.4. The van der Waals surface area contributed by atoms with Gasteiger partial charge in [0.25, 0.3) is 5.91 Å². The van der Waals surface area contributed by atoms with Crippen molar-refractivity contribution in [2.45, 2.75) is 13.0 Å². The standard InChI is InChI=1S/C16H14FNO3/c1-11(15(19)18-14-8-3-2-4-9-14)21-16(20)12-6-5-7-13(17)10-12/h2-11H,1H3,(H,18,19)/t11-/m0/s1. The van der Waals surface area contributed by atoms with E-state index >= 15 is 0 Å². The molecule has 0 bridgehead atoms. The van der Waals surface area contributed by atoms with Crippen molar-refractivity contribution in [3.8, 4) is 0 Å². The van der Waals surface area contributed by atoms with Gasteiger partial charge in [-0.3, -0.25) is 4.79 Å². The van der Waals surface area contributed by atoms with E-state index in [9.17, 15) is 14.0 Å². The molecule has 0 aromatic heterocycles. The van der Waals surface area contributed by atoms with Gasteiger partial charge in [0.15, 0.2) is 6.10 Å². The molecule has 2 rings (SSSR count). The normalized spacial score (nSPS) is 11.5. The first-order valence-electron chi connectivity index (χ1n) is 6.39. The van der Waals surface area contributed by atoms with Gasteiger partial charge >= 0.3 is 5.97 Å². The monoisotopic (exact) mass is 287 g/mol. The first kappa shape index (κ1) is 14.7. The van der Waals surface area contributed by atoms with Gasteiger partial charge in [0, 0.05) is 5.69 Å². The molecule has 2 aromatic rings. The quantitative estimate of drug-likeness (QED) is 0.879. The Morgan fingerprint density at radius 3 is 2.48 bits per heavy atom. The number of ether oxygens (including phenoxy) is 1. The maximum Gasteiger partial charge on any atom is 0.339 e. The molecule has 0 unspecified atom stereocenters. The zero-order chi connectivity index (χ0) is 15.2. The summed E-state index contributed by atoms with van der Waals surface area (Å²) in [7, 11) is 0. The number of carbonyl (C=O) groups excluding carboxylic acids is 2. The van der Waals surface area contributed by atoms with Crippen LogP contribution in [-0.4, -0.2) is 18.0 Å². The summed E-state index contributed by atoms with van der Waals surface area (Å²) in [5.74, 6) is -1.73. The van der Waals surface area contributed by atoms with Crippen LogP contribution in [0.15, 0.2) is 54.6 Å². The molecule has 1 amide bonds. The number of nitrogens with one attached hydrogen (secondary N) is 1. The first-order chi connectivity index (χ1) is 10.1. The van der Waals surface area contributed by atoms with Gasteiger partial charge in [-0.25, -0.2) is 9.18 Å². The highest BCUT2D eigenvalue weighted by molar-refractivity contribution is 5.97. The molecule has 21 heavy (non-hydrogen) atoms. The van der Waals surface area contributed by atoms with Gasteiger partial charge in [-0.2, -0.15) is 0 Å². The number of amides is 1. The van der Waals surface area contributed by atoms with Crippen LogP contribution >= 0.6 is 0 Å². The van der Waals surface area contributed by atoms with Crippen LogP contribution in [0.25, 0.3) is 0 Å². The number of esters is 1. The topological polar surface area (TPSA) is 55.4 Å². The summed E-state index contributed by atoms with van der Waals surface area (Å²) in [6.45, 7) is 1.45. The highest BCUT2D eigenvalue weighted by Gasteiger charge is 2.19. The van der Waals surface area contributed by atoms with Gasteiger partial charge in [0.05, 0.1) is 5.56 Å². The summed E-state index contributed by atoms with van der Waals surface area (Å²) in [4.78, 5) is 23.7. The molecule has 0 fully saturated rings. The highest BCUT2D eigenvalue weighted by atomic mass is 19.1. The second kappa shape index (κ2) is 6.65.